The Hall–Kier alpha value is -3.39. The minimum Gasteiger partial charge on any atom is -0.300 e. The molecule has 3 aromatic rings. The molecule has 1 aliphatic heterocycles. The molecule has 3 unspecified atom stereocenters. The summed E-state index contributed by atoms with van der Waals surface area (Å²) in [6.07, 6.45) is 1.47. The maximum absolute atomic E-state index is 13.9. The first kappa shape index (κ1) is 25.3. The summed E-state index contributed by atoms with van der Waals surface area (Å²) in [5.74, 6) is -1.66. The Balaban J connectivity index is 1.48. The number of rotatable bonds is 6. The molecule has 3 amide bonds. The van der Waals surface area contributed by atoms with Crippen LogP contribution in [0.2, 0.25) is 0 Å². The van der Waals surface area contributed by atoms with Crippen molar-refractivity contribution in [1.82, 2.24) is 9.88 Å². The molecule has 2 heterocycles. The molecule has 2 aliphatic rings. The molecule has 0 radical (unpaired) electrons. The van der Waals surface area contributed by atoms with Gasteiger partial charge in [0.25, 0.3) is 0 Å². The molecule has 1 aliphatic carbocycles. The SMILES string of the molecule is Cc1sc(NC(=O)C(Cc2ccccc2)N2C(=O)C3CCC(C)(C2=O)C3(C)C)nc1-c1ccc(F)cc1. The molecule has 6 nitrogen and oxygen atoms in total. The molecule has 1 saturated carbocycles. The van der Waals surface area contributed by atoms with E-state index in [0.29, 0.717) is 23.7 Å². The number of hydrogen-bond acceptors (Lipinski definition) is 5. The highest BCUT2D eigenvalue weighted by molar-refractivity contribution is 7.16. The number of fused-ring (bicyclic) bond motifs is 2. The standard InChI is InChI=1S/C29H30FN3O3S/c1-17-23(19-10-12-20(30)13-11-19)31-27(37-17)32-24(34)22(16-18-8-6-5-7-9-18)33-25(35)21-14-15-29(4,26(33)36)28(21,2)3/h5-13,21-22H,14-16H2,1-4H3,(H,31,32,34). The van der Waals surface area contributed by atoms with E-state index >= 15 is 0 Å². The number of hydrogen-bond donors (Lipinski definition) is 1. The lowest BCUT2D eigenvalue weighted by atomic mass is 9.62. The Morgan fingerprint density at radius 3 is 2.49 bits per heavy atom. The summed E-state index contributed by atoms with van der Waals surface area (Å²) >= 11 is 1.30. The van der Waals surface area contributed by atoms with Crippen LogP contribution in [0.4, 0.5) is 9.52 Å². The Kier molecular flexibility index (Phi) is 6.26. The van der Waals surface area contributed by atoms with Crippen molar-refractivity contribution in [3.8, 4) is 11.3 Å². The van der Waals surface area contributed by atoms with E-state index in [1.54, 1.807) is 12.1 Å². The highest BCUT2D eigenvalue weighted by Gasteiger charge is 2.65. The minimum atomic E-state index is -1.00. The second-order valence-electron chi connectivity index (χ2n) is 10.8. The number of nitrogens with zero attached hydrogens (tertiary/aromatic N) is 2. The number of anilines is 1. The first-order valence-corrected chi connectivity index (χ1v) is 13.3. The summed E-state index contributed by atoms with van der Waals surface area (Å²) in [5.41, 5.74) is 1.06. The van der Waals surface area contributed by atoms with Gasteiger partial charge >= 0.3 is 0 Å². The van der Waals surface area contributed by atoms with Gasteiger partial charge in [-0.3, -0.25) is 19.3 Å². The fourth-order valence-corrected chi connectivity index (χ4v) is 6.64. The van der Waals surface area contributed by atoms with Crippen molar-refractivity contribution in [2.24, 2.45) is 16.7 Å². The second-order valence-corrected chi connectivity index (χ2v) is 12.0. The topological polar surface area (TPSA) is 79.4 Å². The van der Waals surface area contributed by atoms with Crippen LogP contribution in [0.15, 0.2) is 54.6 Å². The van der Waals surface area contributed by atoms with Gasteiger partial charge in [0, 0.05) is 22.8 Å². The fourth-order valence-electron chi connectivity index (χ4n) is 5.80. The molecular formula is C29H30FN3O3S. The van der Waals surface area contributed by atoms with Crippen molar-refractivity contribution >= 4 is 34.2 Å². The van der Waals surface area contributed by atoms with Crippen LogP contribution >= 0.6 is 11.3 Å². The number of carbonyl (C=O) groups is 3. The third kappa shape index (κ3) is 4.17. The number of piperidine rings is 1. The van der Waals surface area contributed by atoms with Gasteiger partial charge in [-0.05, 0) is 55.0 Å². The van der Waals surface area contributed by atoms with E-state index in [0.717, 1.165) is 16.0 Å². The maximum Gasteiger partial charge on any atom is 0.249 e. The molecule has 192 valence electrons. The summed E-state index contributed by atoms with van der Waals surface area (Å²) in [7, 11) is 0. The molecule has 5 rings (SSSR count). The Labute approximate surface area is 219 Å². The summed E-state index contributed by atoms with van der Waals surface area (Å²) in [5, 5.41) is 3.24. The largest absolute Gasteiger partial charge is 0.300 e. The average molecular weight is 520 g/mol. The number of carbonyl (C=O) groups excluding carboxylic acids is 3. The number of aryl methyl sites for hydroxylation is 1. The smallest absolute Gasteiger partial charge is 0.249 e. The lowest BCUT2D eigenvalue weighted by Crippen LogP contribution is -2.64. The molecule has 2 bridgehead atoms. The molecule has 1 N–H and O–H groups in total. The number of amides is 3. The highest BCUT2D eigenvalue weighted by Crippen LogP contribution is 2.60. The van der Waals surface area contributed by atoms with Crippen molar-refractivity contribution in [1.29, 1.82) is 0 Å². The normalized spacial score (nSPS) is 23.3. The molecule has 1 saturated heterocycles. The van der Waals surface area contributed by atoms with Gasteiger partial charge in [-0.25, -0.2) is 9.37 Å². The number of likely N-dealkylation sites (tertiary alicyclic amines) is 1. The molecule has 3 atom stereocenters. The molecule has 8 heteroatoms. The first-order valence-electron chi connectivity index (χ1n) is 12.5. The third-order valence-electron chi connectivity index (χ3n) is 8.48. The van der Waals surface area contributed by atoms with E-state index in [2.05, 4.69) is 10.3 Å². The Morgan fingerprint density at radius 1 is 1.14 bits per heavy atom. The fraction of sp³-hybridized carbons (Fsp3) is 0.379. The van der Waals surface area contributed by atoms with Gasteiger partial charge in [0.2, 0.25) is 17.7 Å². The van der Waals surface area contributed by atoms with Gasteiger partial charge in [-0.1, -0.05) is 51.1 Å². The predicted molar refractivity (Wildman–Crippen MR) is 141 cm³/mol. The van der Waals surface area contributed by atoms with Crippen LogP contribution in [0.1, 0.15) is 44.1 Å². The van der Waals surface area contributed by atoms with Gasteiger partial charge < -0.3 is 5.32 Å². The van der Waals surface area contributed by atoms with E-state index in [4.69, 9.17) is 0 Å². The first-order chi connectivity index (χ1) is 17.5. The average Bonchev–Trinajstić information content (AvgIpc) is 3.31. The quantitative estimate of drug-likeness (QED) is 0.429. The second kappa shape index (κ2) is 9.17. The van der Waals surface area contributed by atoms with Crippen LogP contribution in [-0.2, 0) is 20.8 Å². The number of aromatic nitrogens is 1. The zero-order chi connectivity index (χ0) is 26.5. The van der Waals surface area contributed by atoms with E-state index in [-0.39, 0.29) is 30.0 Å². The Bertz CT molecular complexity index is 1370. The molecule has 37 heavy (non-hydrogen) atoms. The highest BCUT2D eigenvalue weighted by atomic mass is 32.1. The van der Waals surface area contributed by atoms with Crippen LogP contribution in [-0.4, -0.2) is 33.6 Å². The molecule has 2 fully saturated rings. The third-order valence-corrected chi connectivity index (χ3v) is 9.37. The molecule has 0 spiro atoms. The van der Waals surface area contributed by atoms with Crippen molar-refractivity contribution < 1.29 is 18.8 Å². The predicted octanol–water partition coefficient (Wildman–Crippen LogP) is 5.62. The number of nitrogens with one attached hydrogen (secondary N) is 1. The molecule has 2 aromatic carbocycles. The van der Waals surface area contributed by atoms with E-state index in [1.165, 1.54) is 28.4 Å². The van der Waals surface area contributed by atoms with Crippen molar-refractivity contribution in [2.75, 3.05) is 5.32 Å². The van der Waals surface area contributed by atoms with Crippen LogP contribution in [0.3, 0.4) is 0 Å². The van der Waals surface area contributed by atoms with Gasteiger partial charge in [-0.2, -0.15) is 0 Å². The lowest BCUT2D eigenvalue weighted by Gasteiger charge is -2.49. The van der Waals surface area contributed by atoms with Gasteiger partial charge in [0.05, 0.1) is 11.1 Å². The monoisotopic (exact) mass is 519 g/mol. The van der Waals surface area contributed by atoms with Crippen LogP contribution in [0, 0.1) is 29.5 Å². The summed E-state index contributed by atoms with van der Waals surface area (Å²) in [6.45, 7) is 7.77. The van der Waals surface area contributed by atoms with Gasteiger partial charge in [0.15, 0.2) is 5.13 Å². The van der Waals surface area contributed by atoms with Crippen molar-refractivity contribution in [3.05, 3.63) is 70.9 Å². The summed E-state index contributed by atoms with van der Waals surface area (Å²) in [6, 6.07) is 14.4. The summed E-state index contributed by atoms with van der Waals surface area (Å²) in [4.78, 5) is 48.0. The Morgan fingerprint density at radius 2 is 1.81 bits per heavy atom. The van der Waals surface area contributed by atoms with E-state index < -0.39 is 22.8 Å². The minimum absolute atomic E-state index is 0.211. The number of benzene rings is 2. The number of halogens is 1. The lowest BCUT2D eigenvalue weighted by molar-refractivity contribution is -0.172. The zero-order valence-electron chi connectivity index (χ0n) is 21.4. The van der Waals surface area contributed by atoms with Crippen LogP contribution in [0.25, 0.3) is 11.3 Å². The number of imide groups is 1. The number of thiazole rings is 1. The summed E-state index contributed by atoms with van der Waals surface area (Å²) < 4.78 is 13.4. The molecule has 1 aromatic heterocycles. The van der Waals surface area contributed by atoms with Crippen molar-refractivity contribution in [3.63, 3.8) is 0 Å². The zero-order valence-corrected chi connectivity index (χ0v) is 22.2. The van der Waals surface area contributed by atoms with Gasteiger partial charge in [-0.15, -0.1) is 11.3 Å². The van der Waals surface area contributed by atoms with E-state index in [1.807, 2.05) is 58.0 Å². The molecular weight excluding hydrogens is 489 g/mol. The van der Waals surface area contributed by atoms with Crippen LogP contribution in [0.5, 0.6) is 0 Å². The van der Waals surface area contributed by atoms with Crippen LogP contribution < -0.4 is 5.32 Å². The maximum atomic E-state index is 13.9. The van der Waals surface area contributed by atoms with Gasteiger partial charge in [0.1, 0.15) is 11.9 Å². The van der Waals surface area contributed by atoms with E-state index in [9.17, 15) is 18.8 Å². The van der Waals surface area contributed by atoms with Crippen molar-refractivity contribution in [2.45, 2.75) is 53.0 Å².